The van der Waals surface area contributed by atoms with Crippen LogP contribution in [0.25, 0.3) is 11.2 Å². The highest BCUT2D eigenvalue weighted by Crippen LogP contribution is 2.30. The average molecular weight is 310 g/mol. The van der Waals surface area contributed by atoms with Crippen molar-refractivity contribution in [3.63, 3.8) is 0 Å². The highest BCUT2D eigenvalue weighted by molar-refractivity contribution is 7.98. The van der Waals surface area contributed by atoms with E-state index in [2.05, 4.69) is 19.9 Å². The lowest BCUT2D eigenvalue weighted by atomic mass is 10.1. The van der Waals surface area contributed by atoms with E-state index in [-0.39, 0.29) is 0 Å². The SMILES string of the molecule is FC(F)(F)c1ccc(CSc2ncnc3[nH]cnc23)cc1. The Morgan fingerprint density at radius 2 is 1.81 bits per heavy atom. The third-order valence-electron chi connectivity index (χ3n) is 2.84. The molecule has 0 bridgehead atoms. The quantitative estimate of drug-likeness (QED) is 0.592. The summed E-state index contributed by atoms with van der Waals surface area (Å²) in [4.78, 5) is 15.2. The van der Waals surface area contributed by atoms with Gasteiger partial charge in [-0.1, -0.05) is 23.9 Å². The Morgan fingerprint density at radius 3 is 2.52 bits per heavy atom. The molecule has 1 aromatic carbocycles. The Labute approximate surface area is 121 Å². The van der Waals surface area contributed by atoms with E-state index >= 15 is 0 Å². The second-order valence-electron chi connectivity index (χ2n) is 4.26. The maximum atomic E-state index is 12.5. The summed E-state index contributed by atoms with van der Waals surface area (Å²) in [6.07, 6.45) is -1.35. The molecule has 3 rings (SSSR count). The van der Waals surface area contributed by atoms with Crippen LogP contribution in [-0.4, -0.2) is 19.9 Å². The number of nitrogens with zero attached hydrogens (tertiary/aromatic N) is 3. The molecule has 2 aromatic heterocycles. The summed E-state index contributed by atoms with van der Waals surface area (Å²) < 4.78 is 37.4. The largest absolute Gasteiger partial charge is 0.416 e. The molecule has 0 aliphatic heterocycles. The van der Waals surface area contributed by atoms with Crippen LogP contribution in [0.3, 0.4) is 0 Å². The number of H-pyrrole nitrogens is 1. The van der Waals surface area contributed by atoms with Gasteiger partial charge in [0.2, 0.25) is 0 Å². The first-order valence-corrected chi connectivity index (χ1v) is 6.95. The standard InChI is InChI=1S/C13H9F3N4S/c14-13(15,16)9-3-1-8(2-4-9)5-21-12-10-11(18-6-17-10)19-7-20-12/h1-4,6-7H,5H2,(H,17,18,19,20). The first-order chi connectivity index (χ1) is 10.0. The van der Waals surface area contributed by atoms with Gasteiger partial charge in [0.1, 0.15) is 16.9 Å². The van der Waals surface area contributed by atoms with Crippen LogP contribution in [0.4, 0.5) is 13.2 Å². The fourth-order valence-electron chi connectivity index (χ4n) is 1.79. The van der Waals surface area contributed by atoms with Gasteiger partial charge in [-0.2, -0.15) is 13.2 Å². The monoisotopic (exact) mass is 310 g/mol. The number of benzene rings is 1. The van der Waals surface area contributed by atoms with Crippen molar-refractivity contribution in [3.8, 4) is 0 Å². The number of thioether (sulfide) groups is 1. The Bertz CT molecular complexity index is 752. The third-order valence-corrected chi connectivity index (χ3v) is 3.89. The maximum Gasteiger partial charge on any atom is 0.416 e. The number of imidazole rings is 1. The number of hydrogen-bond acceptors (Lipinski definition) is 4. The van der Waals surface area contributed by atoms with Crippen LogP contribution in [0.1, 0.15) is 11.1 Å². The van der Waals surface area contributed by atoms with Gasteiger partial charge in [0, 0.05) is 5.75 Å². The summed E-state index contributed by atoms with van der Waals surface area (Å²) >= 11 is 1.41. The molecule has 0 aliphatic rings. The van der Waals surface area contributed by atoms with Crippen LogP contribution in [0.15, 0.2) is 41.9 Å². The highest BCUT2D eigenvalue weighted by Gasteiger charge is 2.29. The number of aromatic amines is 1. The summed E-state index contributed by atoms with van der Waals surface area (Å²) in [5.41, 5.74) is 1.44. The van der Waals surface area contributed by atoms with E-state index in [0.717, 1.165) is 17.7 Å². The van der Waals surface area contributed by atoms with Gasteiger partial charge in [-0.05, 0) is 17.7 Å². The molecule has 0 aliphatic carbocycles. The number of aromatic nitrogens is 4. The predicted octanol–water partition coefficient (Wildman–Crippen LogP) is 3.66. The molecule has 8 heteroatoms. The van der Waals surface area contributed by atoms with Crippen molar-refractivity contribution >= 4 is 22.9 Å². The smallest absolute Gasteiger partial charge is 0.329 e. The second-order valence-corrected chi connectivity index (χ2v) is 5.23. The third kappa shape index (κ3) is 2.99. The molecule has 0 saturated heterocycles. The van der Waals surface area contributed by atoms with Gasteiger partial charge in [0.05, 0.1) is 11.9 Å². The molecule has 0 atom stereocenters. The Hall–Kier alpha value is -2.09. The summed E-state index contributed by atoms with van der Waals surface area (Å²) in [6.45, 7) is 0. The van der Waals surface area contributed by atoms with Crippen LogP contribution in [0.5, 0.6) is 0 Å². The van der Waals surface area contributed by atoms with Gasteiger partial charge in [-0.3, -0.25) is 0 Å². The van der Waals surface area contributed by atoms with Crippen LogP contribution in [0, 0.1) is 0 Å². The first kappa shape index (κ1) is 13.9. The molecule has 2 heterocycles. The normalized spacial score (nSPS) is 12.0. The number of hydrogen-bond donors (Lipinski definition) is 1. The molecule has 21 heavy (non-hydrogen) atoms. The Kier molecular flexibility index (Phi) is 3.54. The zero-order valence-corrected chi connectivity index (χ0v) is 11.4. The lowest BCUT2D eigenvalue weighted by molar-refractivity contribution is -0.137. The first-order valence-electron chi connectivity index (χ1n) is 5.97. The Morgan fingerprint density at radius 1 is 1.05 bits per heavy atom. The maximum absolute atomic E-state index is 12.5. The molecule has 3 aromatic rings. The summed E-state index contributed by atoms with van der Waals surface area (Å²) in [5.74, 6) is 0.511. The predicted molar refractivity (Wildman–Crippen MR) is 72.7 cm³/mol. The number of nitrogens with one attached hydrogen (secondary N) is 1. The summed E-state index contributed by atoms with van der Waals surface area (Å²) in [6, 6.07) is 5.11. The molecule has 0 saturated carbocycles. The second kappa shape index (κ2) is 5.36. The van der Waals surface area contributed by atoms with Crippen LogP contribution >= 0.6 is 11.8 Å². The number of alkyl halides is 3. The van der Waals surface area contributed by atoms with Gasteiger partial charge < -0.3 is 4.98 Å². The van der Waals surface area contributed by atoms with E-state index in [1.165, 1.54) is 36.5 Å². The molecule has 4 nitrogen and oxygen atoms in total. The van der Waals surface area contributed by atoms with E-state index in [0.29, 0.717) is 21.9 Å². The number of fused-ring (bicyclic) bond motifs is 1. The highest BCUT2D eigenvalue weighted by atomic mass is 32.2. The molecule has 0 radical (unpaired) electrons. The molecule has 0 amide bonds. The van der Waals surface area contributed by atoms with Gasteiger partial charge in [0.15, 0.2) is 5.65 Å². The Balaban J connectivity index is 1.74. The van der Waals surface area contributed by atoms with Crippen molar-refractivity contribution < 1.29 is 13.2 Å². The minimum absolute atomic E-state index is 0.511. The van der Waals surface area contributed by atoms with E-state index < -0.39 is 11.7 Å². The number of rotatable bonds is 3. The van der Waals surface area contributed by atoms with Crippen molar-refractivity contribution in [3.05, 3.63) is 48.0 Å². The molecule has 0 unspecified atom stereocenters. The van der Waals surface area contributed by atoms with Crippen LogP contribution < -0.4 is 0 Å². The van der Waals surface area contributed by atoms with E-state index in [4.69, 9.17) is 0 Å². The van der Waals surface area contributed by atoms with E-state index in [9.17, 15) is 13.2 Å². The molecule has 1 N–H and O–H groups in total. The number of halogens is 3. The zero-order chi connectivity index (χ0) is 14.9. The lowest BCUT2D eigenvalue weighted by Crippen LogP contribution is -2.04. The van der Waals surface area contributed by atoms with Crippen molar-refractivity contribution in [2.24, 2.45) is 0 Å². The van der Waals surface area contributed by atoms with Gasteiger partial charge in [0.25, 0.3) is 0 Å². The van der Waals surface area contributed by atoms with Crippen molar-refractivity contribution in [1.82, 2.24) is 19.9 Å². The van der Waals surface area contributed by atoms with Crippen molar-refractivity contribution in [1.29, 1.82) is 0 Å². The van der Waals surface area contributed by atoms with Gasteiger partial charge >= 0.3 is 6.18 Å². The lowest BCUT2D eigenvalue weighted by Gasteiger charge is -2.07. The van der Waals surface area contributed by atoms with Crippen LogP contribution in [-0.2, 0) is 11.9 Å². The topological polar surface area (TPSA) is 54.5 Å². The fraction of sp³-hybridized carbons (Fsp3) is 0.154. The van der Waals surface area contributed by atoms with Gasteiger partial charge in [-0.15, -0.1) is 0 Å². The van der Waals surface area contributed by atoms with Crippen molar-refractivity contribution in [2.75, 3.05) is 0 Å². The minimum Gasteiger partial charge on any atom is -0.329 e. The minimum atomic E-state index is -4.31. The van der Waals surface area contributed by atoms with Crippen molar-refractivity contribution in [2.45, 2.75) is 17.0 Å². The summed E-state index contributed by atoms with van der Waals surface area (Å²) in [5, 5.41) is 0.696. The fourth-order valence-corrected chi connectivity index (χ4v) is 2.69. The average Bonchev–Trinajstić information content (AvgIpc) is 2.93. The molecular formula is C13H9F3N4S. The van der Waals surface area contributed by atoms with E-state index in [1.54, 1.807) is 0 Å². The molecule has 108 valence electrons. The molecule has 0 spiro atoms. The summed E-state index contributed by atoms with van der Waals surface area (Å²) in [7, 11) is 0. The zero-order valence-electron chi connectivity index (χ0n) is 10.6. The van der Waals surface area contributed by atoms with Gasteiger partial charge in [-0.25, -0.2) is 15.0 Å². The van der Waals surface area contributed by atoms with E-state index in [1.807, 2.05) is 0 Å². The molecule has 0 fully saturated rings. The van der Waals surface area contributed by atoms with Crippen LogP contribution in [0.2, 0.25) is 0 Å². The molecular weight excluding hydrogens is 301 g/mol.